The standard InChI is InChI=1S/C11H8N4S/c1-2-4-8(5-3-1)9-6-7-16-10(9)11-12-14-15-13-11/h1-7H,(H,12,13,14,15). The highest BCUT2D eigenvalue weighted by Gasteiger charge is 2.11. The van der Waals surface area contributed by atoms with E-state index in [9.17, 15) is 0 Å². The molecular weight excluding hydrogens is 220 g/mol. The number of aromatic amines is 1. The fourth-order valence-electron chi connectivity index (χ4n) is 1.59. The molecule has 0 amide bonds. The van der Waals surface area contributed by atoms with Gasteiger partial charge in [0.25, 0.3) is 0 Å². The lowest BCUT2D eigenvalue weighted by Crippen LogP contribution is -1.81. The van der Waals surface area contributed by atoms with Crippen LogP contribution >= 0.6 is 11.3 Å². The molecular formula is C11H8N4S. The van der Waals surface area contributed by atoms with Gasteiger partial charge in [-0.25, -0.2) is 0 Å². The molecule has 3 aromatic rings. The molecule has 0 atom stereocenters. The van der Waals surface area contributed by atoms with E-state index in [4.69, 9.17) is 0 Å². The Kier molecular flexibility index (Phi) is 2.23. The van der Waals surface area contributed by atoms with Crippen LogP contribution in [0.5, 0.6) is 0 Å². The van der Waals surface area contributed by atoms with Gasteiger partial charge in [-0.2, -0.15) is 5.21 Å². The Morgan fingerprint density at radius 1 is 1.06 bits per heavy atom. The van der Waals surface area contributed by atoms with Crippen molar-refractivity contribution in [2.45, 2.75) is 0 Å². The summed E-state index contributed by atoms with van der Waals surface area (Å²) < 4.78 is 0. The van der Waals surface area contributed by atoms with Crippen LogP contribution in [0.15, 0.2) is 41.8 Å². The lowest BCUT2D eigenvalue weighted by Gasteiger charge is -1.99. The number of hydrogen-bond donors (Lipinski definition) is 1. The summed E-state index contributed by atoms with van der Waals surface area (Å²) in [4.78, 5) is 1.04. The number of thiophene rings is 1. The first-order chi connectivity index (χ1) is 7.95. The third-order valence-electron chi connectivity index (χ3n) is 2.30. The minimum Gasteiger partial charge on any atom is -0.177 e. The molecule has 0 spiro atoms. The number of benzene rings is 1. The predicted molar refractivity (Wildman–Crippen MR) is 62.9 cm³/mol. The Labute approximate surface area is 96.0 Å². The van der Waals surface area contributed by atoms with Gasteiger partial charge in [0.05, 0.1) is 4.88 Å². The van der Waals surface area contributed by atoms with E-state index in [1.54, 1.807) is 11.3 Å². The maximum Gasteiger partial charge on any atom is 0.215 e. The van der Waals surface area contributed by atoms with E-state index in [0.717, 1.165) is 10.4 Å². The molecule has 78 valence electrons. The molecule has 0 saturated carbocycles. The Morgan fingerprint density at radius 3 is 2.69 bits per heavy atom. The van der Waals surface area contributed by atoms with Crippen molar-refractivity contribution in [1.82, 2.24) is 20.6 Å². The molecule has 0 bridgehead atoms. The van der Waals surface area contributed by atoms with Crippen LogP contribution < -0.4 is 0 Å². The maximum absolute atomic E-state index is 4.01. The molecule has 2 heterocycles. The van der Waals surface area contributed by atoms with E-state index in [1.165, 1.54) is 5.56 Å². The van der Waals surface area contributed by atoms with Gasteiger partial charge in [-0.1, -0.05) is 30.3 Å². The fraction of sp³-hybridized carbons (Fsp3) is 0. The normalized spacial score (nSPS) is 10.5. The Morgan fingerprint density at radius 2 is 1.94 bits per heavy atom. The van der Waals surface area contributed by atoms with Crippen LogP contribution in [0, 0.1) is 0 Å². The Balaban J connectivity index is 2.14. The quantitative estimate of drug-likeness (QED) is 0.733. The van der Waals surface area contributed by atoms with E-state index in [2.05, 4.69) is 38.8 Å². The topological polar surface area (TPSA) is 54.5 Å². The molecule has 0 saturated heterocycles. The summed E-state index contributed by atoms with van der Waals surface area (Å²) in [5.41, 5.74) is 2.32. The monoisotopic (exact) mass is 228 g/mol. The molecule has 0 aliphatic rings. The third kappa shape index (κ3) is 1.51. The predicted octanol–water partition coefficient (Wildman–Crippen LogP) is 2.60. The highest BCUT2D eigenvalue weighted by atomic mass is 32.1. The summed E-state index contributed by atoms with van der Waals surface area (Å²) in [6.07, 6.45) is 0. The molecule has 0 aliphatic heterocycles. The smallest absolute Gasteiger partial charge is 0.177 e. The number of rotatable bonds is 2. The number of hydrogen-bond acceptors (Lipinski definition) is 4. The van der Waals surface area contributed by atoms with E-state index >= 15 is 0 Å². The SMILES string of the molecule is c1ccc(-c2ccsc2-c2nn[nH]n2)cc1. The van der Waals surface area contributed by atoms with Gasteiger partial charge < -0.3 is 0 Å². The minimum atomic E-state index is 0.647. The minimum absolute atomic E-state index is 0.647. The van der Waals surface area contributed by atoms with Crippen molar-refractivity contribution in [1.29, 1.82) is 0 Å². The van der Waals surface area contributed by atoms with Crippen LogP contribution in [0.4, 0.5) is 0 Å². The van der Waals surface area contributed by atoms with Gasteiger partial charge >= 0.3 is 0 Å². The highest BCUT2D eigenvalue weighted by molar-refractivity contribution is 7.14. The van der Waals surface area contributed by atoms with E-state index < -0.39 is 0 Å². The van der Waals surface area contributed by atoms with Crippen molar-refractivity contribution in [3.8, 4) is 21.8 Å². The average molecular weight is 228 g/mol. The van der Waals surface area contributed by atoms with Crippen LogP contribution in [0.1, 0.15) is 0 Å². The first-order valence-corrected chi connectivity index (χ1v) is 5.70. The zero-order valence-electron chi connectivity index (χ0n) is 8.29. The number of nitrogens with zero attached hydrogens (tertiary/aromatic N) is 3. The summed E-state index contributed by atoms with van der Waals surface area (Å²) in [5.74, 6) is 0.647. The maximum atomic E-state index is 4.01. The van der Waals surface area contributed by atoms with Crippen LogP contribution in [0.2, 0.25) is 0 Å². The first kappa shape index (κ1) is 9.23. The van der Waals surface area contributed by atoms with E-state index in [-0.39, 0.29) is 0 Å². The number of tetrazole rings is 1. The third-order valence-corrected chi connectivity index (χ3v) is 3.21. The van der Waals surface area contributed by atoms with Gasteiger partial charge in [0, 0.05) is 5.56 Å². The van der Waals surface area contributed by atoms with Gasteiger partial charge in [0.15, 0.2) is 0 Å². The second-order valence-corrected chi connectivity index (χ2v) is 4.18. The van der Waals surface area contributed by atoms with Crippen molar-refractivity contribution in [3.63, 3.8) is 0 Å². The number of H-pyrrole nitrogens is 1. The fourth-order valence-corrected chi connectivity index (χ4v) is 2.43. The van der Waals surface area contributed by atoms with Gasteiger partial charge in [0.2, 0.25) is 5.82 Å². The Bertz CT molecular complexity index is 571. The average Bonchev–Trinajstić information content (AvgIpc) is 3.01. The molecule has 0 unspecified atom stereocenters. The van der Waals surface area contributed by atoms with Crippen LogP contribution in [-0.4, -0.2) is 20.6 Å². The second kappa shape index (κ2) is 3.86. The summed E-state index contributed by atoms with van der Waals surface area (Å²) in [5, 5.41) is 16.1. The number of nitrogens with one attached hydrogen (secondary N) is 1. The number of aromatic nitrogens is 4. The van der Waals surface area contributed by atoms with Gasteiger partial charge in [-0.3, -0.25) is 0 Å². The van der Waals surface area contributed by atoms with Crippen molar-refractivity contribution < 1.29 is 0 Å². The Hall–Kier alpha value is -2.01. The summed E-state index contributed by atoms with van der Waals surface area (Å²) in [6, 6.07) is 12.3. The molecule has 3 rings (SSSR count). The summed E-state index contributed by atoms with van der Waals surface area (Å²) in [7, 11) is 0. The molecule has 2 aromatic heterocycles. The molecule has 16 heavy (non-hydrogen) atoms. The first-order valence-electron chi connectivity index (χ1n) is 4.82. The molecule has 0 fully saturated rings. The molecule has 0 radical (unpaired) electrons. The van der Waals surface area contributed by atoms with Crippen molar-refractivity contribution in [3.05, 3.63) is 41.8 Å². The van der Waals surface area contributed by atoms with Gasteiger partial charge in [-0.05, 0) is 22.2 Å². The van der Waals surface area contributed by atoms with Crippen LogP contribution in [0.3, 0.4) is 0 Å². The van der Waals surface area contributed by atoms with Crippen LogP contribution in [-0.2, 0) is 0 Å². The molecule has 0 aliphatic carbocycles. The highest BCUT2D eigenvalue weighted by Crippen LogP contribution is 2.34. The van der Waals surface area contributed by atoms with Crippen molar-refractivity contribution >= 4 is 11.3 Å². The van der Waals surface area contributed by atoms with Crippen LogP contribution in [0.25, 0.3) is 21.8 Å². The van der Waals surface area contributed by atoms with Gasteiger partial charge in [-0.15, -0.1) is 21.5 Å². The zero-order valence-corrected chi connectivity index (χ0v) is 9.11. The van der Waals surface area contributed by atoms with Gasteiger partial charge in [0.1, 0.15) is 0 Å². The molecule has 4 nitrogen and oxygen atoms in total. The molecule has 1 aromatic carbocycles. The second-order valence-electron chi connectivity index (χ2n) is 3.26. The lowest BCUT2D eigenvalue weighted by molar-refractivity contribution is 0.881. The summed E-state index contributed by atoms with van der Waals surface area (Å²) in [6.45, 7) is 0. The van der Waals surface area contributed by atoms with E-state index in [1.807, 2.05) is 23.6 Å². The molecule has 5 heteroatoms. The van der Waals surface area contributed by atoms with Crippen molar-refractivity contribution in [2.24, 2.45) is 0 Å². The lowest BCUT2D eigenvalue weighted by atomic mass is 10.1. The van der Waals surface area contributed by atoms with E-state index in [0.29, 0.717) is 5.82 Å². The van der Waals surface area contributed by atoms with Crippen molar-refractivity contribution in [2.75, 3.05) is 0 Å². The largest absolute Gasteiger partial charge is 0.215 e. The zero-order chi connectivity index (χ0) is 10.8. The summed E-state index contributed by atoms with van der Waals surface area (Å²) >= 11 is 1.62. The molecule has 1 N–H and O–H groups in total.